The fourth-order valence-corrected chi connectivity index (χ4v) is 2.40. The van der Waals surface area contributed by atoms with Crippen LogP contribution in [0.2, 0.25) is 0 Å². The summed E-state index contributed by atoms with van der Waals surface area (Å²) >= 11 is 0. The number of likely N-dealkylation sites (tertiary alicyclic amines) is 1. The van der Waals surface area contributed by atoms with E-state index in [-0.39, 0.29) is 6.23 Å². The molecule has 1 atom stereocenters. The van der Waals surface area contributed by atoms with E-state index in [9.17, 15) is 5.11 Å². The zero-order chi connectivity index (χ0) is 13.5. The van der Waals surface area contributed by atoms with E-state index in [1.165, 1.54) is 12.0 Å². The van der Waals surface area contributed by atoms with Gasteiger partial charge in [-0.3, -0.25) is 4.90 Å². The van der Waals surface area contributed by atoms with E-state index < -0.39 is 0 Å². The molecule has 0 spiro atoms. The largest absolute Gasteiger partial charge is 0.494 e. The molecule has 4 nitrogen and oxygen atoms in total. The van der Waals surface area contributed by atoms with Crippen molar-refractivity contribution in [3.05, 3.63) is 29.8 Å². The Hall–Kier alpha value is -1.10. The van der Waals surface area contributed by atoms with Gasteiger partial charge in [0.15, 0.2) is 0 Å². The van der Waals surface area contributed by atoms with Crippen LogP contribution >= 0.6 is 0 Å². The van der Waals surface area contributed by atoms with E-state index in [0.29, 0.717) is 13.2 Å². The summed E-state index contributed by atoms with van der Waals surface area (Å²) in [6.07, 6.45) is 3.75. The summed E-state index contributed by atoms with van der Waals surface area (Å²) in [6.45, 7) is 3.07. The van der Waals surface area contributed by atoms with Crippen LogP contribution in [-0.4, -0.2) is 35.9 Å². The highest BCUT2D eigenvalue weighted by Crippen LogP contribution is 2.20. The molecule has 1 saturated heterocycles. The smallest absolute Gasteiger partial charge is 0.119 e. The van der Waals surface area contributed by atoms with Crippen molar-refractivity contribution in [3.8, 4) is 5.75 Å². The minimum atomic E-state index is -0.296. The standard InChI is InChI=1S/C15H24N2O2/c16-8-4-10-19-14-6-3-5-13(11-14)12-17-9-2-1-7-15(17)18/h3,5-6,11,15,18H,1-2,4,7-10,12,16H2. The quantitative estimate of drug-likeness (QED) is 0.768. The van der Waals surface area contributed by atoms with E-state index >= 15 is 0 Å². The third-order valence-electron chi connectivity index (χ3n) is 3.48. The molecule has 0 radical (unpaired) electrons. The molecule has 1 aliphatic heterocycles. The minimum absolute atomic E-state index is 0.296. The zero-order valence-electron chi connectivity index (χ0n) is 11.4. The molecule has 1 aliphatic rings. The summed E-state index contributed by atoms with van der Waals surface area (Å²) in [7, 11) is 0. The van der Waals surface area contributed by atoms with E-state index in [1.807, 2.05) is 12.1 Å². The van der Waals surface area contributed by atoms with Gasteiger partial charge in [-0.25, -0.2) is 0 Å². The van der Waals surface area contributed by atoms with Gasteiger partial charge in [0.2, 0.25) is 0 Å². The normalized spacial score (nSPS) is 20.4. The second-order valence-electron chi connectivity index (χ2n) is 5.08. The van der Waals surface area contributed by atoms with Crippen molar-refractivity contribution < 1.29 is 9.84 Å². The molecule has 1 heterocycles. The first kappa shape index (κ1) is 14.3. The minimum Gasteiger partial charge on any atom is -0.494 e. The number of aliphatic hydroxyl groups is 1. The van der Waals surface area contributed by atoms with Crippen LogP contribution in [0.3, 0.4) is 0 Å². The topological polar surface area (TPSA) is 58.7 Å². The molecular weight excluding hydrogens is 240 g/mol. The first-order valence-corrected chi connectivity index (χ1v) is 7.13. The Bertz CT molecular complexity index is 384. The van der Waals surface area contributed by atoms with Gasteiger partial charge in [-0.15, -0.1) is 0 Å². The summed E-state index contributed by atoms with van der Waals surface area (Å²) in [4.78, 5) is 2.13. The molecule has 1 aromatic carbocycles. The summed E-state index contributed by atoms with van der Waals surface area (Å²) in [5.41, 5.74) is 6.63. The van der Waals surface area contributed by atoms with Gasteiger partial charge >= 0.3 is 0 Å². The van der Waals surface area contributed by atoms with Gasteiger partial charge in [0.1, 0.15) is 12.0 Å². The molecular formula is C15H24N2O2. The van der Waals surface area contributed by atoms with Crippen LogP contribution < -0.4 is 10.5 Å². The number of nitrogens with two attached hydrogens (primary N) is 1. The number of ether oxygens (including phenoxy) is 1. The number of benzene rings is 1. The van der Waals surface area contributed by atoms with Gasteiger partial charge in [-0.05, 0) is 49.9 Å². The van der Waals surface area contributed by atoms with Crippen LogP contribution in [0, 0.1) is 0 Å². The lowest BCUT2D eigenvalue weighted by Gasteiger charge is -2.32. The molecule has 1 fully saturated rings. The van der Waals surface area contributed by atoms with Crippen molar-refractivity contribution in [2.24, 2.45) is 5.73 Å². The molecule has 0 amide bonds. The zero-order valence-corrected chi connectivity index (χ0v) is 11.4. The van der Waals surface area contributed by atoms with Crippen LogP contribution in [-0.2, 0) is 6.54 Å². The Morgan fingerprint density at radius 3 is 3.05 bits per heavy atom. The molecule has 0 saturated carbocycles. The lowest BCUT2D eigenvalue weighted by Crippen LogP contribution is -2.38. The second-order valence-corrected chi connectivity index (χ2v) is 5.08. The first-order chi connectivity index (χ1) is 9.29. The molecule has 19 heavy (non-hydrogen) atoms. The number of aliphatic hydroxyl groups excluding tert-OH is 1. The number of hydrogen-bond donors (Lipinski definition) is 2. The van der Waals surface area contributed by atoms with Crippen molar-refractivity contribution >= 4 is 0 Å². The maximum Gasteiger partial charge on any atom is 0.119 e. The van der Waals surface area contributed by atoms with Crippen molar-refractivity contribution in [1.29, 1.82) is 0 Å². The molecule has 1 unspecified atom stereocenters. The highest BCUT2D eigenvalue weighted by atomic mass is 16.5. The maximum absolute atomic E-state index is 9.95. The van der Waals surface area contributed by atoms with E-state index in [0.717, 1.165) is 38.1 Å². The number of nitrogens with zero attached hydrogens (tertiary/aromatic N) is 1. The molecule has 0 aliphatic carbocycles. The number of piperidine rings is 1. The van der Waals surface area contributed by atoms with Crippen LogP contribution in [0.1, 0.15) is 31.2 Å². The molecule has 0 bridgehead atoms. The van der Waals surface area contributed by atoms with Gasteiger partial charge in [0.25, 0.3) is 0 Å². The fourth-order valence-electron chi connectivity index (χ4n) is 2.40. The predicted molar refractivity (Wildman–Crippen MR) is 75.9 cm³/mol. The maximum atomic E-state index is 9.95. The summed E-state index contributed by atoms with van der Waals surface area (Å²) in [5.74, 6) is 0.887. The molecule has 2 rings (SSSR count). The lowest BCUT2D eigenvalue weighted by molar-refractivity contribution is -0.0291. The fraction of sp³-hybridized carbons (Fsp3) is 0.600. The van der Waals surface area contributed by atoms with E-state index in [4.69, 9.17) is 10.5 Å². The van der Waals surface area contributed by atoms with Crippen molar-refractivity contribution in [1.82, 2.24) is 4.90 Å². The second kappa shape index (κ2) is 7.48. The van der Waals surface area contributed by atoms with Crippen LogP contribution in [0.5, 0.6) is 5.75 Å². The summed E-state index contributed by atoms with van der Waals surface area (Å²) < 4.78 is 5.64. The van der Waals surface area contributed by atoms with Crippen LogP contribution in [0.15, 0.2) is 24.3 Å². The SMILES string of the molecule is NCCCOc1cccc(CN2CCCCC2O)c1. The van der Waals surface area contributed by atoms with E-state index in [1.54, 1.807) is 0 Å². The van der Waals surface area contributed by atoms with Gasteiger partial charge in [0, 0.05) is 13.1 Å². The number of rotatable bonds is 6. The van der Waals surface area contributed by atoms with Crippen molar-refractivity contribution in [2.45, 2.75) is 38.5 Å². The van der Waals surface area contributed by atoms with Gasteiger partial charge < -0.3 is 15.6 Å². The molecule has 4 heteroatoms. The highest BCUT2D eigenvalue weighted by molar-refractivity contribution is 5.28. The molecule has 106 valence electrons. The molecule has 0 aromatic heterocycles. The van der Waals surface area contributed by atoms with Gasteiger partial charge in [-0.1, -0.05) is 12.1 Å². The Balaban J connectivity index is 1.90. The molecule has 3 N–H and O–H groups in total. The van der Waals surface area contributed by atoms with E-state index in [2.05, 4.69) is 17.0 Å². The molecule has 1 aromatic rings. The Morgan fingerprint density at radius 2 is 2.26 bits per heavy atom. The van der Waals surface area contributed by atoms with Crippen LogP contribution in [0.25, 0.3) is 0 Å². The summed E-state index contributed by atoms with van der Waals surface area (Å²) in [6, 6.07) is 8.10. The van der Waals surface area contributed by atoms with Gasteiger partial charge in [0.05, 0.1) is 6.61 Å². The highest BCUT2D eigenvalue weighted by Gasteiger charge is 2.19. The monoisotopic (exact) mass is 264 g/mol. The average molecular weight is 264 g/mol. The van der Waals surface area contributed by atoms with Crippen molar-refractivity contribution in [2.75, 3.05) is 19.7 Å². The number of hydrogen-bond acceptors (Lipinski definition) is 4. The summed E-state index contributed by atoms with van der Waals surface area (Å²) in [5, 5.41) is 9.95. The Kier molecular flexibility index (Phi) is 5.63. The average Bonchev–Trinajstić information content (AvgIpc) is 2.42. The Morgan fingerprint density at radius 1 is 1.37 bits per heavy atom. The third kappa shape index (κ3) is 4.49. The van der Waals surface area contributed by atoms with Crippen molar-refractivity contribution in [3.63, 3.8) is 0 Å². The Labute approximate surface area is 115 Å². The first-order valence-electron chi connectivity index (χ1n) is 7.13. The van der Waals surface area contributed by atoms with Gasteiger partial charge in [-0.2, -0.15) is 0 Å². The van der Waals surface area contributed by atoms with Crippen LogP contribution in [0.4, 0.5) is 0 Å². The predicted octanol–water partition coefficient (Wildman–Crippen LogP) is 1.72. The third-order valence-corrected chi connectivity index (χ3v) is 3.48. The lowest BCUT2D eigenvalue weighted by atomic mass is 10.1.